The number of aryl methyl sites for hydroxylation is 1. The molecule has 5 heteroatoms. The molecule has 0 aliphatic carbocycles. The molecule has 0 spiro atoms. The molecule has 3 aromatic rings. The summed E-state index contributed by atoms with van der Waals surface area (Å²) in [5.74, 6) is -1.87. The van der Waals surface area contributed by atoms with Crippen LogP contribution in [0.3, 0.4) is 0 Å². The Balaban J connectivity index is 2.50. The van der Waals surface area contributed by atoms with Crippen molar-refractivity contribution in [2.75, 3.05) is 0 Å². The van der Waals surface area contributed by atoms with Crippen LogP contribution in [0.2, 0.25) is 0 Å². The lowest BCUT2D eigenvalue weighted by molar-refractivity contribution is -0.0885. The molecule has 0 bridgehead atoms. The van der Waals surface area contributed by atoms with Gasteiger partial charge < -0.3 is 0 Å². The number of ketones is 1. The van der Waals surface area contributed by atoms with Crippen LogP contribution in [0.5, 0.6) is 0 Å². The minimum atomic E-state index is -4.97. The summed E-state index contributed by atoms with van der Waals surface area (Å²) in [4.78, 5) is 16.7. The second-order valence-electron chi connectivity index (χ2n) is 7.59. The summed E-state index contributed by atoms with van der Waals surface area (Å²) in [6.07, 6.45) is -4.97. The summed E-state index contributed by atoms with van der Waals surface area (Å²) in [6.45, 7) is 7.53. The lowest BCUT2D eigenvalue weighted by Crippen LogP contribution is -2.25. The van der Waals surface area contributed by atoms with Crippen molar-refractivity contribution in [2.24, 2.45) is 0 Å². The topological polar surface area (TPSA) is 30.0 Å². The smallest absolute Gasteiger partial charge is 0.284 e. The second kappa shape index (κ2) is 6.48. The van der Waals surface area contributed by atoms with Gasteiger partial charge in [-0.1, -0.05) is 69.3 Å². The van der Waals surface area contributed by atoms with Crippen molar-refractivity contribution < 1.29 is 18.0 Å². The lowest BCUT2D eigenvalue weighted by Gasteiger charge is -2.23. The average molecular weight is 371 g/mol. The van der Waals surface area contributed by atoms with E-state index in [2.05, 4.69) is 4.98 Å². The lowest BCUT2D eigenvalue weighted by atomic mass is 9.83. The molecule has 0 saturated heterocycles. The molecular weight excluding hydrogens is 351 g/mol. The van der Waals surface area contributed by atoms with Gasteiger partial charge in [0.1, 0.15) is 0 Å². The van der Waals surface area contributed by atoms with E-state index in [4.69, 9.17) is 0 Å². The first-order valence-corrected chi connectivity index (χ1v) is 8.62. The van der Waals surface area contributed by atoms with Crippen LogP contribution in [-0.2, 0) is 5.41 Å². The van der Waals surface area contributed by atoms with Crippen molar-refractivity contribution in [1.82, 2.24) is 4.98 Å². The predicted molar refractivity (Wildman–Crippen MR) is 101 cm³/mol. The Morgan fingerprint density at radius 3 is 2.11 bits per heavy atom. The highest BCUT2D eigenvalue weighted by molar-refractivity contribution is 6.13. The Bertz CT molecular complexity index is 1020. The van der Waals surface area contributed by atoms with Gasteiger partial charge in [-0.2, -0.15) is 13.2 Å². The third-order valence-electron chi connectivity index (χ3n) is 4.55. The zero-order valence-electron chi connectivity index (χ0n) is 15.6. The molecule has 0 saturated carbocycles. The molecule has 2 nitrogen and oxygen atoms in total. The monoisotopic (exact) mass is 371 g/mol. The predicted octanol–water partition coefficient (Wildman–Crippen LogP) is 6.25. The maximum absolute atomic E-state index is 13.3. The molecule has 140 valence electrons. The average Bonchev–Trinajstić information content (AvgIpc) is 2.58. The van der Waals surface area contributed by atoms with E-state index in [1.54, 1.807) is 42.5 Å². The number of pyridine rings is 1. The largest absolute Gasteiger partial charge is 0.454 e. The van der Waals surface area contributed by atoms with Crippen LogP contribution in [-0.4, -0.2) is 16.9 Å². The Hall–Kier alpha value is -2.69. The molecule has 27 heavy (non-hydrogen) atoms. The third-order valence-corrected chi connectivity index (χ3v) is 4.55. The number of hydrogen-bond acceptors (Lipinski definition) is 2. The van der Waals surface area contributed by atoms with E-state index in [0.717, 1.165) is 5.56 Å². The zero-order chi connectivity index (χ0) is 20.0. The van der Waals surface area contributed by atoms with Crippen molar-refractivity contribution in [3.63, 3.8) is 0 Å². The molecule has 0 unspecified atom stereocenters. The van der Waals surface area contributed by atoms with Gasteiger partial charge in [-0.05, 0) is 23.5 Å². The van der Waals surface area contributed by atoms with E-state index in [1.165, 1.54) is 6.92 Å². The number of nitrogens with zero attached hydrogens (tertiary/aromatic N) is 1. The summed E-state index contributed by atoms with van der Waals surface area (Å²) in [7, 11) is 0. The Labute approximate surface area is 156 Å². The van der Waals surface area contributed by atoms with E-state index >= 15 is 0 Å². The first-order valence-electron chi connectivity index (χ1n) is 8.62. The second-order valence-corrected chi connectivity index (χ2v) is 7.59. The van der Waals surface area contributed by atoms with Gasteiger partial charge in [0.2, 0.25) is 0 Å². The van der Waals surface area contributed by atoms with Crippen LogP contribution < -0.4 is 0 Å². The molecule has 0 atom stereocenters. The Morgan fingerprint density at radius 1 is 0.926 bits per heavy atom. The minimum Gasteiger partial charge on any atom is -0.284 e. The number of para-hydroxylation sites is 1. The molecule has 3 rings (SSSR count). The van der Waals surface area contributed by atoms with Gasteiger partial charge in [0.15, 0.2) is 0 Å². The van der Waals surface area contributed by atoms with Crippen molar-refractivity contribution in [2.45, 2.75) is 39.3 Å². The molecule has 1 aromatic heterocycles. The van der Waals surface area contributed by atoms with Crippen LogP contribution >= 0.6 is 0 Å². The van der Waals surface area contributed by atoms with Gasteiger partial charge >= 0.3 is 6.18 Å². The van der Waals surface area contributed by atoms with Crippen molar-refractivity contribution in [1.29, 1.82) is 0 Å². The highest BCUT2D eigenvalue weighted by atomic mass is 19.4. The van der Waals surface area contributed by atoms with E-state index in [-0.39, 0.29) is 22.2 Å². The minimum absolute atomic E-state index is 0.0837. The van der Waals surface area contributed by atoms with Crippen LogP contribution in [0.1, 0.15) is 42.4 Å². The number of alkyl halides is 3. The fraction of sp³-hybridized carbons (Fsp3) is 0.273. The van der Waals surface area contributed by atoms with Gasteiger partial charge in [-0.25, -0.2) is 0 Å². The Morgan fingerprint density at radius 2 is 1.56 bits per heavy atom. The summed E-state index contributed by atoms with van der Waals surface area (Å²) < 4.78 is 39.9. The zero-order valence-corrected chi connectivity index (χ0v) is 15.6. The van der Waals surface area contributed by atoms with Gasteiger partial charge in [-0.15, -0.1) is 0 Å². The van der Waals surface area contributed by atoms with E-state index in [1.807, 2.05) is 26.8 Å². The SMILES string of the molecule is Cc1nc2c(C(C)(C)C)cccc2c(-c2ccccc2)c1C(=O)C(F)(F)F. The van der Waals surface area contributed by atoms with E-state index in [0.29, 0.717) is 16.5 Å². The van der Waals surface area contributed by atoms with Gasteiger partial charge in [0, 0.05) is 16.6 Å². The summed E-state index contributed by atoms with van der Waals surface area (Å²) >= 11 is 0. The van der Waals surface area contributed by atoms with Crippen molar-refractivity contribution in [3.05, 3.63) is 65.4 Å². The number of fused-ring (bicyclic) bond motifs is 1. The number of carbonyl (C=O) groups is 1. The summed E-state index contributed by atoms with van der Waals surface area (Å²) in [5.41, 5.74) is 1.85. The van der Waals surface area contributed by atoms with Gasteiger partial charge in [0.05, 0.1) is 11.1 Å². The number of carbonyl (C=O) groups excluding carboxylic acids is 1. The van der Waals surface area contributed by atoms with Crippen LogP contribution in [0.15, 0.2) is 48.5 Å². The molecule has 0 amide bonds. The fourth-order valence-corrected chi connectivity index (χ4v) is 3.33. The molecule has 0 fully saturated rings. The number of halogens is 3. The highest BCUT2D eigenvalue weighted by Gasteiger charge is 2.42. The Kier molecular flexibility index (Phi) is 4.58. The van der Waals surface area contributed by atoms with E-state index in [9.17, 15) is 18.0 Å². The van der Waals surface area contributed by atoms with Crippen molar-refractivity contribution >= 4 is 16.7 Å². The fourth-order valence-electron chi connectivity index (χ4n) is 3.33. The molecule has 1 heterocycles. The number of rotatable bonds is 2. The quantitative estimate of drug-likeness (QED) is 0.498. The molecule has 0 aliphatic heterocycles. The maximum Gasteiger partial charge on any atom is 0.454 e. The molecule has 0 radical (unpaired) electrons. The number of Topliss-reactive ketones (excluding diaryl/α,β-unsaturated/α-hetero) is 1. The van der Waals surface area contributed by atoms with Gasteiger partial charge in [0.25, 0.3) is 5.78 Å². The normalized spacial score (nSPS) is 12.4. The highest BCUT2D eigenvalue weighted by Crippen LogP contribution is 2.39. The van der Waals surface area contributed by atoms with E-state index < -0.39 is 12.0 Å². The molecular formula is C22H20F3NO. The van der Waals surface area contributed by atoms with Crippen LogP contribution in [0, 0.1) is 6.92 Å². The number of hydrogen-bond donors (Lipinski definition) is 0. The molecule has 0 aliphatic rings. The third kappa shape index (κ3) is 3.46. The van der Waals surface area contributed by atoms with Crippen LogP contribution in [0.4, 0.5) is 13.2 Å². The summed E-state index contributed by atoms with van der Waals surface area (Å²) in [5, 5.41) is 0.548. The summed E-state index contributed by atoms with van der Waals surface area (Å²) in [6, 6.07) is 14.1. The molecule has 2 aromatic carbocycles. The first-order chi connectivity index (χ1) is 12.5. The first kappa shape index (κ1) is 19.1. The number of aromatic nitrogens is 1. The van der Waals surface area contributed by atoms with Crippen molar-refractivity contribution in [3.8, 4) is 11.1 Å². The van der Waals surface area contributed by atoms with Crippen LogP contribution in [0.25, 0.3) is 22.0 Å². The standard InChI is InChI=1S/C22H20F3NO/c1-13-17(20(27)22(23,24)25)18(14-9-6-5-7-10-14)15-11-8-12-16(19(15)26-13)21(2,3)4/h5-12H,1-4H3. The maximum atomic E-state index is 13.3. The van der Waals surface area contributed by atoms with Gasteiger partial charge in [-0.3, -0.25) is 9.78 Å². The number of benzene rings is 2. The molecule has 0 N–H and O–H groups in total.